The first kappa shape index (κ1) is 19.0. The molecule has 0 radical (unpaired) electrons. The van der Waals surface area contributed by atoms with Crippen molar-refractivity contribution in [1.29, 1.82) is 0 Å². The van der Waals surface area contributed by atoms with E-state index >= 15 is 0 Å². The van der Waals surface area contributed by atoms with Gasteiger partial charge in [0.1, 0.15) is 11.5 Å². The van der Waals surface area contributed by atoms with Crippen molar-refractivity contribution in [2.24, 2.45) is 4.99 Å². The summed E-state index contributed by atoms with van der Waals surface area (Å²) in [4.78, 5) is 17.4. The molecule has 0 aromatic heterocycles. The fourth-order valence-corrected chi connectivity index (χ4v) is 3.29. The number of hydrogen-bond donors (Lipinski definition) is 1. The van der Waals surface area contributed by atoms with E-state index in [9.17, 15) is 4.79 Å². The molecule has 140 valence electrons. The number of amides is 1. The van der Waals surface area contributed by atoms with E-state index in [1.165, 1.54) is 11.8 Å². The summed E-state index contributed by atoms with van der Waals surface area (Å²) < 4.78 is 11.0. The van der Waals surface area contributed by atoms with E-state index in [0.717, 1.165) is 35.6 Å². The van der Waals surface area contributed by atoms with Gasteiger partial charge in [0.15, 0.2) is 5.17 Å². The van der Waals surface area contributed by atoms with Crippen LogP contribution in [0.3, 0.4) is 0 Å². The Balaban J connectivity index is 1.76. The van der Waals surface area contributed by atoms with Gasteiger partial charge in [0, 0.05) is 5.56 Å². The van der Waals surface area contributed by atoms with Crippen LogP contribution in [0.5, 0.6) is 11.5 Å². The first-order chi connectivity index (χ1) is 13.2. The number of amidine groups is 1. The number of aliphatic imine (C=N–C) groups is 1. The van der Waals surface area contributed by atoms with Gasteiger partial charge in [-0.05, 0) is 54.6 Å². The Hall–Kier alpha value is -2.73. The predicted molar refractivity (Wildman–Crippen MR) is 111 cm³/mol. The fourth-order valence-electron chi connectivity index (χ4n) is 2.45. The molecule has 1 saturated heterocycles. The van der Waals surface area contributed by atoms with E-state index in [-0.39, 0.29) is 5.91 Å². The molecule has 5 nitrogen and oxygen atoms in total. The smallest absolute Gasteiger partial charge is 0.264 e. The molecule has 2 aromatic carbocycles. The Morgan fingerprint density at radius 1 is 1.15 bits per heavy atom. The number of nitrogens with zero attached hydrogens (tertiary/aromatic N) is 1. The monoisotopic (exact) mass is 382 g/mol. The quantitative estimate of drug-likeness (QED) is 0.554. The maximum atomic E-state index is 12.3. The molecule has 2 aromatic rings. The average Bonchev–Trinajstić information content (AvgIpc) is 3.03. The number of methoxy groups -OCH3 is 1. The normalized spacial score (nSPS) is 16.6. The van der Waals surface area contributed by atoms with E-state index in [0.29, 0.717) is 16.7 Å². The molecule has 3 rings (SSSR count). The van der Waals surface area contributed by atoms with E-state index in [4.69, 9.17) is 9.47 Å². The van der Waals surface area contributed by atoms with Gasteiger partial charge in [-0.1, -0.05) is 31.5 Å². The standard InChI is InChI=1S/C21H22N2O3S/c1-3-4-13-26-18-8-6-5-7-15(18)14-19-20(24)23-21(27-19)22-16-9-11-17(25-2)12-10-16/h5-12,14H,3-4,13H2,1-2H3,(H,22,23,24)/b19-14-. The molecule has 0 spiro atoms. The second-order valence-corrected chi connectivity index (χ2v) is 6.95. The minimum atomic E-state index is -0.157. The topological polar surface area (TPSA) is 59.9 Å². The highest BCUT2D eigenvalue weighted by atomic mass is 32.2. The molecule has 27 heavy (non-hydrogen) atoms. The number of nitrogens with one attached hydrogen (secondary N) is 1. The van der Waals surface area contributed by atoms with Gasteiger partial charge in [-0.25, -0.2) is 4.99 Å². The first-order valence-electron chi connectivity index (χ1n) is 8.85. The van der Waals surface area contributed by atoms with Crippen LogP contribution in [0.15, 0.2) is 58.4 Å². The molecule has 1 aliphatic rings. The summed E-state index contributed by atoms with van der Waals surface area (Å²) in [5.74, 6) is 1.39. The number of carbonyl (C=O) groups excluding carboxylic acids is 1. The van der Waals surface area contributed by atoms with Gasteiger partial charge in [0.05, 0.1) is 24.3 Å². The lowest BCUT2D eigenvalue weighted by atomic mass is 10.2. The summed E-state index contributed by atoms with van der Waals surface area (Å²) in [6.07, 6.45) is 3.92. The lowest BCUT2D eigenvalue weighted by molar-refractivity contribution is -0.115. The van der Waals surface area contributed by atoms with E-state index < -0.39 is 0 Å². The summed E-state index contributed by atoms with van der Waals surface area (Å²) in [6.45, 7) is 2.79. The minimum absolute atomic E-state index is 0.157. The van der Waals surface area contributed by atoms with Crippen LogP contribution in [-0.2, 0) is 4.79 Å². The number of rotatable bonds is 7. The molecule has 0 atom stereocenters. The van der Waals surface area contributed by atoms with Crippen LogP contribution in [0.4, 0.5) is 5.69 Å². The Morgan fingerprint density at radius 3 is 2.67 bits per heavy atom. The van der Waals surface area contributed by atoms with Crippen molar-refractivity contribution < 1.29 is 14.3 Å². The zero-order valence-electron chi connectivity index (χ0n) is 15.4. The van der Waals surface area contributed by atoms with Crippen LogP contribution in [0, 0.1) is 0 Å². The molecule has 1 aliphatic heterocycles. The number of hydrogen-bond acceptors (Lipinski definition) is 5. The van der Waals surface area contributed by atoms with Crippen molar-refractivity contribution in [1.82, 2.24) is 5.32 Å². The molecule has 6 heteroatoms. The van der Waals surface area contributed by atoms with Crippen molar-refractivity contribution in [2.45, 2.75) is 19.8 Å². The third-order valence-electron chi connectivity index (χ3n) is 3.92. The Kier molecular flexibility index (Phi) is 6.54. The second kappa shape index (κ2) is 9.28. The SMILES string of the molecule is CCCCOc1ccccc1/C=C1\SC(=Nc2ccc(OC)cc2)NC1=O. The molecule has 0 bridgehead atoms. The Morgan fingerprint density at radius 2 is 1.93 bits per heavy atom. The molecule has 1 N–H and O–H groups in total. The Labute approximate surface area is 163 Å². The third-order valence-corrected chi connectivity index (χ3v) is 4.82. The maximum absolute atomic E-state index is 12.3. The number of para-hydroxylation sites is 1. The van der Waals surface area contributed by atoms with Crippen LogP contribution < -0.4 is 14.8 Å². The third kappa shape index (κ3) is 5.14. The van der Waals surface area contributed by atoms with Gasteiger partial charge in [0.2, 0.25) is 0 Å². The Bertz CT molecular complexity index is 860. The lowest BCUT2D eigenvalue weighted by Crippen LogP contribution is -2.19. The van der Waals surface area contributed by atoms with Crippen LogP contribution >= 0.6 is 11.8 Å². The van der Waals surface area contributed by atoms with Gasteiger partial charge in [-0.15, -0.1) is 0 Å². The van der Waals surface area contributed by atoms with Gasteiger partial charge < -0.3 is 14.8 Å². The van der Waals surface area contributed by atoms with E-state index in [2.05, 4.69) is 17.2 Å². The van der Waals surface area contributed by atoms with Gasteiger partial charge in [-0.2, -0.15) is 0 Å². The number of benzene rings is 2. The number of thioether (sulfide) groups is 1. The van der Waals surface area contributed by atoms with Gasteiger partial charge >= 0.3 is 0 Å². The van der Waals surface area contributed by atoms with Crippen molar-refractivity contribution in [3.8, 4) is 11.5 Å². The molecular weight excluding hydrogens is 360 g/mol. The minimum Gasteiger partial charge on any atom is -0.497 e. The highest BCUT2D eigenvalue weighted by Crippen LogP contribution is 2.31. The first-order valence-corrected chi connectivity index (χ1v) is 9.66. The van der Waals surface area contributed by atoms with Crippen LogP contribution in [0.25, 0.3) is 6.08 Å². The highest BCUT2D eigenvalue weighted by Gasteiger charge is 2.24. The second-order valence-electron chi connectivity index (χ2n) is 5.92. The molecule has 0 saturated carbocycles. The molecule has 0 aliphatic carbocycles. The zero-order chi connectivity index (χ0) is 19.1. The van der Waals surface area contributed by atoms with Crippen LogP contribution in [0.2, 0.25) is 0 Å². The van der Waals surface area contributed by atoms with Crippen molar-refractivity contribution in [2.75, 3.05) is 13.7 Å². The fraction of sp³-hybridized carbons (Fsp3) is 0.238. The zero-order valence-corrected chi connectivity index (χ0v) is 16.2. The van der Waals surface area contributed by atoms with E-state index in [1.807, 2.05) is 54.6 Å². The summed E-state index contributed by atoms with van der Waals surface area (Å²) in [7, 11) is 1.62. The molecule has 1 amide bonds. The van der Waals surface area contributed by atoms with Crippen LogP contribution in [-0.4, -0.2) is 24.8 Å². The van der Waals surface area contributed by atoms with Crippen LogP contribution in [0.1, 0.15) is 25.3 Å². The lowest BCUT2D eigenvalue weighted by Gasteiger charge is -2.08. The average molecular weight is 382 g/mol. The van der Waals surface area contributed by atoms with E-state index in [1.54, 1.807) is 7.11 Å². The van der Waals surface area contributed by atoms with Crippen molar-refractivity contribution >= 4 is 34.6 Å². The van der Waals surface area contributed by atoms with Crippen molar-refractivity contribution in [3.63, 3.8) is 0 Å². The van der Waals surface area contributed by atoms with Crippen molar-refractivity contribution in [3.05, 3.63) is 59.0 Å². The summed E-state index contributed by atoms with van der Waals surface area (Å²) in [6, 6.07) is 15.1. The highest BCUT2D eigenvalue weighted by molar-refractivity contribution is 8.18. The number of ether oxygens (including phenoxy) is 2. The molecule has 0 unspecified atom stereocenters. The van der Waals surface area contributed by atoms with Gasteiger partial charge in [0.25, 0.3) is 5.91 Å². The summed E-state index contributed by atoms with van der Waals surface area (Å²) in [5, 5.41) is 3.36. The van der Waals surface area contributed by atoms with Gasteiger partial charge in [-0.3, -0.25) is 4.79 Å². The largest absolute Gasteiger partial charge is 0.497 e. The summed E-state index contributed by atoms with van der Waals surface area (Å²) >= 11 is 1.32. The predicted octanol–water partition coefficient (Wildman–Crippen LogP) is 4.77. The summed E-state index contributed by atoms with van der Waals surface area (Å²) in [5.41, 5.74) is 1.64. The maximum Gasteiger partial charge on any atom is 0.264 e. The number of carbonyl (C=O) groups is 1. The molecule has 1 fully saturated rings. The molecular formula is C21H22N2O3S. The number of unbranched alkanes of at least 4 members (excludes halogenated alkanes) is 1. The molecule has 1 heterocycles.